The van der Waals surface area contributed by atoms with Crippen LogP contribution in [0.15, 0.2) is 0 Å². The molecule has 0 rings (SSSR count). The first-order valence-electron chi connectivity index (χ1n) is 6.22. The first-order valence-corrected chi connectivity index (χ1v) is 6.85. The number of carbonyl (C=O) groups excluding carboxylic acids is 2. The molecule has 0 aliphatic heterocycles. The minimum absolute atomic E-state index is 0.0655. The molecule has 0 aliphatic carbocycles. The molecule has 0 aromatic heterocycles. The lowest BCUT2D eigenvalue weighted by Crippen LogP contribution is -2.55. The number of carbonyl (C=O) groups is 5. The van der Waals surface area contributed by atoms with Gasteiger partial charge in [-0.1, -0.05) is 0 Å². The molecule has 7 N–H and O–H groups in total. The van der Waals surface area contributed by atoms with Crippen LogP contribution in [0.2, 0.25) is 0 Å². The zero-order chi connectivity index (χ0) is 18.2. The third-order valence-electron chi connectivity index (χ3n) is 2.54. The van der Waals surface area contributed by atoms with Crippen molar-refractivity contribution < 1.29 is 39.3 Å². The standard InChI is InChI=1S/C11H17N3O8S/c12-4(3-23)9(19)13-5(1-7(15)16)10(20)14-6(11(21)22)2-8(17)18/h4-6,23H,1-3,12H2,(H,13,19)(H,14,20)(H,15,16)(H,17,18)(H,21,22). The molecule has 130 valence electrons. The van der Waals surface area contributed by atoms with Crippen molar-refractivity contribution in [2.24, 2.45) is 5.73 Å². The van der Waals surface area contributed by atoms with Crippen molar-refractivity contribution in [1.82, 2.24) is 10.6 Å². The molecule has 11 nitrogen and oxygen atoms in total. The summed E-state index contributed by atoms with van der Waals surface area (Å²) in [4.78, 5) is 55.7. The Hall–Kier alpha value is -2.34. The predicted octanol–water partition coefficient (Wildman–Crippen LogP) is -2.75. The minimum atomic E-state index is -1.77. The lowest BCUT2D eigenvalue weighted by molar-refractivity contribution is -0.148. The van der Waals surface area contributed by atoms with E-state index < -0.39 is 60.7 Å². The lowest BCUT2D eigenvalue weighted by atomic mass is 10.1. The molecular weight excluding hydrogens is 334 g/mol. The van der Waals surface area contributed by atoms with Gasteiger partial charge >= 0.3 is 17.9 Å². The summed E-state index contributed by atoms with van der Waals surface area (Å²) >= 11 is 3.77. The molecule has 3 atom stereocenters. The molecular formula is C11H17N3O8S. The van der Waals surface area contributed by atoms with Crippen LogP contribution in [0, 0.1) is 0 Å². The van der Waals surface area contributed by atoms with Gasteiger partial charge in [0, 0.05) is 5.75 Å². The Morgan fingerprint density at radius 2 is 1.30 bits per heavy atom. The molecule has 0 fully saturated rings. The fourth-order valence-corrected chi connectivity index (χ4v) is 1.56. The highest BCUT2D eigenvalue weighted by molar-refractivity contribution is 7.80. The molecule has 0 aliphatic rings. The molecule has 0 aromatic rings. The molecule has 0 heterocycles. The van der Waals surface area contributed by atoms with E-state index in [0.717, 1.165) is 0 Å². The van der Waals surface area contributed by atoms with E-state index in [1.165, 1.54) is 0 Å². The average Bonchev–Trinajstić information content (AvgIpc) is 2.43. The topological polar surface area (TPSA) is 196 Å². The Balaban J connectivity index is 5.04. The highest BCUT2D eigenvalue weighted by atomic mass is 32.1. The monoisotopic (exact) mass is 351 g/mol. The summed E-state index contributed by atoms with van der Waals surface area (Å²) in [7, 11) is 0. The number of carboxylic acid groups (broad SMARTS) is 3. The maximum atomic E-state index is 11.9. The number of hydrogen-bond donors (Lipinski definition) is 7. The predicted molar refractivity (Wildman–Crippen MR) is 77.8 cm³/mol. The van der Waals surface area contributed by atoms with E-state index >= 15 is 0 Å². The zero-order valence-electron chi connectivity index (χ0n) is 11.8. The van der Waals surface area contributed by atoms with Crippen LogP contribution < -0.4 is 16.4 Å². The molecule has 12 heteroatoms. The number of thiol groups is 1. The third kappa shape index (κ3) is 8.01. The molecule has 0 bridgehead atoms. The SMILES string of the molecule is NC(CS)C(=O)NC(CC(=O)O)C(=O)NC(CC(=O)O)C(=O)O. The van der Waals surface area contributed by atoms with Crippen LogP contribution in [-0.4, -0.2) is 68.9 Å². The molecule has 2 amide bonds. The van der Waals surface area contributed by atoms with E-state index in [1.54, 1.807) is 0 Å². The van der Waals surface area contributed by atoms with E-state index in [2.05, 4.69) is 17.9 Å². The quantitative estimate of drug-likeness (QED) is 0.204. The van der Waals surface area contributed by atoms with Gasteiger partial charge in [-0.25, -0.2) is 4.79 Å². The lowest BCUT2D eigenvalue weighted by Gasteiger charge is -2.20. The van der Waals surface area contributed by atoms with Crippen molar-refractivity contribution >= 4 is 42.4 Å². The highest BCUT2D eigenvalue weighted by Crippen LogP contribution is 1.99. The van der Waals surface area contributed by atoms with Gasteiger partial charge in [0.15, 0.2) is 0 Å². The van der Waals surface area contributed by atoms with Gasteiger partial charge in [-0.15, -0.1) is 0 Å². The molecule has 23 heavy (non-hydrogen) atoms. The normalized spacial score (nSPS) is 14.2. The second-order valence-electron chi connectivity index (χ2n) is 4.45. The molecule has 0 saturated heterocycles. The van der Waals surface area contributed by atoms with Crippen LogP contribution in [0.3, 0.4) is 0 Å². The smallest absolute Gasteiger partial charge is 0.326 e. The fourth-order valence-electron chi connectivity index (χ4n) is 1.39. The number of nitrogens with one attached hydrogen (secondary N) is 2. The van der Waals surface area contributed by atoms with Gasteiger partial charge in [-0.3, -0.25) is 19.2 Å². The van der Waals surface area contributed by atoms with Crippen molar-refractivity contribution in [3.05, 3.63) is 0 Å². The minimum Gasteiger partial charge on any atom is -0.481 e. The second-order valence-corrected chi connectivity index (χ2v) is 4.81. The summed E-state index contributed by atoms with van der Waals surface area (Å²) in [5, 5.41) is 30.1. The maximum absolute atomic E-state index is 11.9. The van der Waals surface area contributed by atoms with Gasteiger partial charge in [0.25, 0.3) is 0 Å². The molecule has 0 spiro atoms. The first-order chi connectivity index (χ1) is 10.6. The highest BCUT2D eigenvalue weighted by Gasteiger charge is 2.30. The summed E-state index contributed by atoms with van der Waals surface area (Å²) in [6, 6.07) is -4.48. The average molecular weight is 351 g/mol. The van der Waals surface area contributed by atoms with Crippen molar-refractivity contribution in [2.45, 2.75) is 31.0 Å². The summed E-state index contributed by atoms with van der Waals surface area (Å²) in [6.07, 6.45) is -1.75. The fraction of sp³-hybridized carbons (Fsp3) is 0.545. The van der Waals surface area contributed by atoms with Gasteiger partial charge in [0.05, 0.1) is 18.9 Å². The number of rotatable bonds is 10. The summed E-state index contributed by atoms with van der Waals surface area (Å²) in [5.41, 5.74) is 5.37. The number of aliphatic carboxylic acids is 3. The Labute approximate surface area is 135 Å². The molecule has 0 aromatic carbocycles. The molecule has 3 unspecified atom stereocenters. The number of hydrogen-bond acceptors (Lipinski definition) is 7. The Kier molecular flexibility index (Phi) is 8.65. The number of nitrogens with two attached hydrogens (primary N) is 1. The van der Waals surface area contributed by atoms with E-state index in [1.807, 2.05) is 5.32 Å². The third-order valence-corrected chi connectivity index (χ3v) is 2.93. The molecule has 0 saturated carbocycles. The van der Waals surface area contributed by atoms with Crippen LogP contribution in [0.4, 0.5) is 0 Å². The van der Waals surface area contributed by atoms with Crippen LogP contribution in [0.5, 0.6) is 0 Å². The van der Waals surface area contributed by atoms with Crippen molar-refractivity contribution in [2.75, 3.05) is 5.75 Å². The van der Waals surface area contributed by atoms with E-state index in [0.29, 0.717) is 0 Å². The van der Waals surface area contributed by atoms with E-state index in [4.69, 9.17) is 21.1 Å². The van der Waals surface area contributed by atoms with Crippen LogP contribution in [0.25, 0.3) is 0 Å². The zero-order valence-corrected chi connectivity index (χ0v) is 12.7. The Morgan fingerprint density at radius 3 is 1.70 bits per heavy atom. The van der Waals surface area contributed by atoms with Crippen molar-refractivity contribution in [3.63, 3.8) is 0 Å². The second kappa shape index (κ2) is 9.63. The summed E-state index contributed by atoms with van der Waals surface area (Å²) < 4.78 is 0. The van der Waals surface area contributed by atoms with Crippen LogP contribution in [0.1, 0.15) is 12.8 Å². The maximum Gasteiger partial charge on any atom is 0.326 e. The van der Waals surface area contributed by atoms with Crippen molar-refractivity contribution in [3.8, 4) is 0 Å². The van der Waals surface area contributed by atoms with Crippen LogP contribution >= 0.6 is 12.6 Å². The van der Waals surface area contributed by atoms with Gasteiger partial charge < -0.3 is 31.7 Å². The van der Waals surface area contributed by atoms with Gasteiger partial charge in [0.2, 0.25) is 11.8 Å². The van der Waals surface area contributed by atoms with Gasteiger partial charge in [0.1, 0.15) is 12.1 Å². The molecule has 0 radical (unpaired) electrons. The first kappa shape index (κ1) is 20.7. The Bertz CT molecular complexity index is 498. The Morgan fingerprint density at radius 1 is 0.870 bits per heavy atom. The van der Waals surface area contributed by atoms with Gasteiger partial charge in [-0.2, -0.15) is 12.6 Å². The summed E-state index contributed by atoms with van der Waals surface area (Å²) in [5.74, 6) is -6.60. The number of carboxylic acids is 3. The summed E-state index contributed by atoms with van der Waals surface area (Å²) in [6.45, 7) is 0. The van der Waals surface area contributed by atoms with Crippen molar-refractivity contribution in [1.29, 1.82) is 0 Å². The van der Waals surface area contributed by atoms with Crippen LogP contribution in [-0.2, 0) is 24.0 Å². The van der Waals surface area contributed by atoms with E-state index in [9.17, 15) is 24.0 Å². The largest absolute Gasteiger partial charge is 0.481 e. The number of amides is 2. The van der Waals surface area contributed by atoms with Gasteiger partial charge in [-0.05, 0) is 0 Å². The van der Waals surface area contributed by atoms with E-state index in [-0.39, 0.29) is 5.75 Å².